The monoisotopic (exact) mass is 406 g/mol. The molecule has 8 heteroatoms. The lowest BCUT2D eigenvalue weighted by atomic mass is 9.91. The molecule has 1 aliphatic rings. The second-order valence-electron chi connectivity index (χ2n) is 7.28. The summed E-state index contributed by atoms with van der Waals surface area (Å²) in [6.45, 7) is 5.41. The number of aromatic nitrogens is 2. The maximum atomic E-state index is 9.88. The number of rotatable bonds is 3. The van der Waals surface area contributed by atoms with Crippen molar-refractivity contribution in [3.8, 4) is 17.3 Å². The number of aryl methyl sites for hydroxylation is 1. The molecule has 3 rings (SSSR count). The van der Waals surface area contributed by atoms with Crippen LogP contribution in [0.25, 0.3) is 11.3 Å². The number of benzene rings is 1. The highest BCUT2D eigenvalue weighted by Gasteiger charge is 2.31. The van der Waals surface area contributed by atoms with E-state index in [1.54, 1.807) is 12.1 Å². The third-order valence-electron chi connectivity index (χ3n) is 5.00. The van der Waals surface area contributed by atoms with E-state index in [-0.39, 0.29) is 22.7 Å². The first-order chi connectivity index (χ1) is 12.8. The van der Waals surface area contributed by atoms with Gasteiger partial charge >= 0.3 is 0 Å². The molecule has 0 atom stereocenters. The number of halogens is 2. The summed E-state index contributed by atoms with van der Waals surface area (Å²) >= 11 is 12.4. The SMILES string of the molecule is Cc1nc(N2CCC(C)([NH3+])CC2)c(CO)nc1-c1ccc(Cl)c(C#N)c1Cl. The van der Waals surface area contributed by atoms with Crippen LogP contribution >= 0.6 is 23.2 Å². The maximum absolute atomic E-state index is 9.88. The summed E-state index contributed by atoms with van der Waals surface area (Å²) in [5.74, 6) is 0.694. The summed E-state index contributed by atoms with van der Waals surface area (Å²) < 4.78 is 0. The fraction of sp³-hybridized carbons (Fsp3) is 0.421. The Morgan fingerprint density at radius 3 is 2.56 bits per heavy atom. The van der Waals surface area contributed by atoms with Crippen LogP contribution in [0.1, 0.15) is 36.7 Å². The number of nitriles is 1. The van der Waals surface area contributed by atoms with Crippen molar-refractivity contribution >= 4 is 29.0 Å². The minimum Gasteiger partial charge on any atom is -0.390 e. The summed E-state index contributed by atoms with van der Waals surface area (Å²) in [6, 6.07) is 5.36. The van der Waals surface area contributed by atoms with E-state index in [9.17, 15) is 10.4 Å². The first-order valence-corrected chi connectivity index (χ1v) is 9.50. The lowest BCUT2D eigenvalue weighted by Crippen LogP contribution is -2.73. The molecule has 2 aromatic rings. The number of hydrogen-bond donors (Lipinski definition) is 2. The zero-order chi connectivity index (χ0) is 19.8. The second-order valence-corrected chi connectivity index (χ2v) is 8.06. The van der Waals surface area contributed by atoms with E-state index in [1.807, 2.05) is 13.0 Å². The number of piperidine rings is 1. The molecule has 1 aliphatic heterocycles. The molecule has 6 nitrogen and oxygen atoms in total. The Labute approximate surface area is 168 Å². The molecule has 0 spiro atoms. The van der Waals surface area contributed by atoms with Crippen LogP contribution in [-0.2, 0) is 6.61 Å². The number of aliphatic hydroxyl groups excluding tert-OH is 1. The average molecular weight is 407 g/mol. The molecule has 4 N–H and O–H groups in total. The number of nitrogens with zero attached hydrogens (tertiary/aromatic N) is 4. The van der Waals surface area contributed by atoms with E-state index < -0.39 is 0 Å². The zero-order valence-electron chi connectivity index (χ0n) is 15.4. The lowest BCUT2D eigenvalue weighted by molar-refractivity contribution is -0.475. The Kier molecular flexibility index (Phi) is 5.59. The molecule has 1 aromatic heterocycles. The highest BCUT2D eigenvalue weighted by molar-refractivity contribution is 6.38. The van der Waals surface area contributed by atoms with Crippen molar-refractivity contribution in [3.05, 3.63) is 39.1 Å². The van der Waals surface area contributed by atoms with Crippen LogP contribution in [0, 0.1) is 18.3 Å². The van der Waals surface area contributed by atoms with E-state index in [0.717, 1.165) is 25.9 Å². The van der Waals surface area contributed by atoms with Gasteiger partial charge in [-0.2, -0.15) is 5.26 Å². The minimum atomic E-state index is -0.232. The van der Waals surface area contributed by atoms with E-state index in [0.29, 0.717) is 33.5 Å². The van der Waals surface area contributed by atoms with Crippen LogP contribution in [0.2, 0.25) is 10.0 Å². The lowest BCUT2D eigenvalue weighted by Gasteiger charge is -2.35. The van der Waals surface area contributed by atoms with Crippen LogP contribution in [0.15, 0.2) is 12.1 Å². The fourth-order valence-electron chi connectivity index (χ4n) is 3.25. The van der Waals surface area contributed by atoms with E-state index in [1.165, 1.54) is 0 Å². The standard InChI is InChI=1S/C19H21Cl2N5O/c1-11-17(12-3-4-14(20)13(9-22)16(12)21)25-15(10-27)18(24-11)26-7-5-19(2,23)6-8-26/h3-4,27H,5-8,10,23H2,1-2H3/p+1. The Morgan fingerprint density at radius 2 is 1.96 bits per heavy atom. The molecular formula is C19H22Cl2N5O+. The molecule has 0 amide bonds. The van der Waals surface area contributed by atoms with Gasteiger partial charge in [0.05, 0.1) is 39.1 Å². The topological polar surface area (TPSA) is 101 Å². The van der Waals surface area contributed by atoms with Crippen LogP contribution in [0.5, 0.6) is 0 Å². The maximum Gasteiger partial charge on any atom is 0.153 e. The van der Waals surface area contributed by atoms with Gasteiger partial charge in [-0.1, -0.05) is 23.2 Å². The van der Waals surface area contributed by atoms with Crippen LogP contribution in [-0.4, -0.2) is 33.7 Å². The summed E-state index contributed by atoms with van der Waals surface area (Å²) in [4.78, 5) is 11.5. The molecule has 0 radical (unpaired) electrons. The number of hydrogen-bond acceptors (Lipinski definition) is 5. The Bertz CT molecular complexity index is 913. The quantitative estimate of drug-likeness (QED) is 0.815. The molecule has 0 saturated carbocycles. The highest BCUT2D eigenvalue weighted by atomic mass is 35.5. The normalized spacial score (nSPS) is 16.3. The molecule has 1 fully saturated rings. The smallest absolute Gasteiger partial charge is 0.153 e. The third kappa shape index (κ3) is 3.87. The predicted molar refractivity (Wildman–Crippen MR) is 106 cm³/mol. The Morgan fingerprint density at radius 1 is 1.30 bits per heavy atom. The molecule has 1 aromatic carbocycles. The van der Waals surface area contributed by atoms with Gasteiger partial charge in [0.2, 0.25) is 0 Å². The number of quaternary nitrogens is 1. The van der Waals surface area contributed by atoms with Gasteiger partial charge in [0.25, 0.3) is 0 Å². The van der Waals surface area contributed by atoms with Crippen LogP contribution in [0.4, 0.5) is 5.82 Å². The first-order valence-electron chi connectivity index (χ1n) is 8.74. The van der Waals surface area contributed by atoms with Gasteiger partial charge in [0.1, 0.15) is 11.8 Å². The van der Waals surface area contributed by atoms with Crippen molar-refractivity contribution < 1.29 is 10.8 Å². The van der Waals surface area contributed by atoms with Gasteiger partial charge in [-0.05, 0) is 26.0 Å². The summed E-state index contributed by atoms with van der Waals surface area (Å²) in [7, 11) is 0. The largest absolute Gasteiger partial charge is 0.390 e. The van der Waals surface area contributed by atoms with E-state index in [2.05, 4.69) is 22.5 Å². The van der Waals surface area contributed by atoms with Crippen molar-refractivity contribution in [2.24, 2.45) is 0 Å². The van der Waals surface area contributed by atoms with Gasteiger partial charge in [-0.15, -0.1) is 0 Å². The predicted octanol–water partition coefficient (Wildman–Crippen LogP) is 2.72. The molecule has 0 bridgehead atoms. The van der Waals surface area contributed by atoms with Gasteiger partial charge in [0, 0.05) is 31.5 Å². The van der Waals surface area contributed by atoms with Crippen molar-refractivity contribution in [2.75, 3.05) is 18.0 Å². The Hall–Kier alpha value is -1.91. The van der Waals surface area contributed by atoms with E-state index >= 15 is 0 Å². The molecule has 27 heavy (non-hydrogen) atoms. The molecule has 2 heterocycles. The van der Waals surface area contributed by atoms with Crippen molar-refractivity contribution in [1.82, 2.24) is 9.97 Å². The zero-order valence-corrected chi connectivity index (χ0v) is 16.9. The molecule has 0 aliphatic carbocycles. The van der Waals surface area contributed by atoms with Crippen LogP contribution < -0.4 is 10.6 Å². The van der Waals surface area contributed by atoms with E-state index in [4.69, 9.17) is 28.2 Å². The van der Waals surface area contributed by atoms with Crippen molar-refractivity contribution in [2.45, 2.75) is 38.8 Å². The first kappa shape index (κ1) is 19.8. The van der Waals surface area contributed by atoms with Gasteiger partial charge < -0.3 is 15.7 Å². The summed E-state index contributed by atoms with van der Waals surface area (Å²) in [5, 5.41) is 19.7. The van der Waals surface area contributed by atoms with Gasteiger partial charge in [-0.3, -0.25) is 0 Å². The molecular weight excluding hydrogens is 385 g/mol. The van der Waals surface area contributed by atoms with Gasteiger partial charge in [0.15, 0.2) is 5.82 Å². The molecule has 1 saturated heterocycles. The fourth-order valence-corrected chi connectivity index (χ4v) is 3.80. The van der Waals surface area contributed by atoms with Gasteiger partial charge in [-0.25, -0.2) is 9.97 Å². The minimum absolute atomic E-state index is 0.0722. The number of anilines is 1. The number of aliphatic hydroxyl groups is 1. The third-order valence-corrected chi connectivity index (χ3v) is 5.71. The average Bonchev–Trinajstić information content (AvgIpc) is 2.63. The Balaban J connectivity index is 2.05. The second kappa shape index (κ2) is 7.61. The highest BCUT2D eigenvalue weighted by Crippen LogP contribution is 2.36. The summed E-state index contributed by atoms with van der Waals surface area (Å²) in [5.41, 5.74) is 6.81. The van der Waals surface area contributed by atoms with Crippen molar-refractivity contribution in [3.63, 3.8) is 0 Å². The van der Waals surface area contributed by atoms with Crippen LogP contribution in [0.3, 0.4) is 0 Å². The molecule has 0 unspecified atom stereocenters. The molecule has 142 valence electrons. The van der Waals surface area contributed by atoms with Crippen molar-refractivity contribution in [1.29, 1.82) is 5.26 Å². The summed E-state index contributed by atoms with van der Waals surface area (Å²) in [6.07, 6.45) is 1.91.